The molecule has 1 aliphatic heterocycles. The highest BCUT2D eigenvalue weighted by Crippen LogP contribution is 2.39. The van der Waals surface area contributed by atoms with E-state index in [0.717, 1.165) is 21.0 Å². The quantitative estimate of drug-likeness (QED) is 0.470. The highest BCUT2D eigenvalue weighted by Gasteiger charge is 2.32. The number of nitrogens with zero attached hydrogens (tertiary/aromatic N) is 3. The number of hydrogen-bond acceptors (Lipinski definition) is 5. The van der Waals surface area contributed by atoms with Crippen molar-refractivity contribution in [1.29, 1.82) is 0 Å². The molecule has 2 aromatic heterocycles. The number of amides is 2. The molecule has 0 aliphatic carbocycles. The van der Waals surface area contributed by atoms with Crippen molar-refractivity contribution in [3.63, 3.8) is 0 Å². The second kappa shape index (κ2) is 8.33. The van der Waals surface area contributed by atoms with Crippen LogP contribution in [0.5, 0.6) is 0 Å². The Morgan fingerprint density at radius 1 is 1.09 bits per heavy atom. The Morgan fingerprint density at radius 3 is 2.75 bits per heavy atom. The minimum atomic E-state index is -0.370. The Labute approximate surface area is 190 Å². The topological polar surface area (TPSA) is 62.7 Å². The molecule has 32 heavy (non-hydrogen) atoms. The van der Waals surface area contributed by atoms with Gasteiger partial charge in [-0.2, -0.15) is 0 Å². The van der Waals surface area contributed by atoms with Gasteiger partial charge in [-0.1, -0.05) is 36.4 Å². The zero-order valence-electron chi connectivity index (χ0n) is 17.9. The molecule has 2 amide bonds. The van der Waals surface area contributed by atoms with E-state index >= 15 is 0 Å². The lowest BCUT2D eigenvalue weighted by Crippen LogP contribution is -2.42. The van der Waals surface area contributed by atoms with Crippen LogP contribution in [0.25, 0.3) is 21.0 Å². The second-order valence-corrected chi connectivity index (χ2v) is 9.08. The van der Waals surface area contributed by atoms with Crippen LogP contribution in [0.2, 0.25) is 0 Å². The molecule has 1 aliphatic rings. The lowest BCUT2D eigenvalue weighted by atomic mass is 10.0. The summed E-state index contributed by atoms with van der Waals surface area (Å²) in [4.78, 5) is 34.9. The van der Waals surface area contributed by atoms with Crippen LogP contribution in [0.3, 0.4) is 0 Å². The van der Waals surface area contributed by atoms with E-state index in [2.05, 4.69) is 4.98 Å². The maximum Gasteiger partial charge on any atom is 0.263 e. The number of ether oxygens (including phenoxy) is 1. The van der Waals surface area contributed by atoms with Crippen LogP contribution in [0, 0.1) is 0 Å². The van der Waals surface area contributed by atoms with E-state index in [-0.39, 0.29) is 17.9 Å². The van der Waals surface area contributed by atoms with E-state index < -0.39 is 0 Å². The Balaban J connectivity index is 1.52. The molecular weight excluding hydrogens is 422 g/mol. The van der Waals surface area contributed by atoms with Crippen molar-refractivity contribution in [2.45, 2.75) is 6.10 Å². The molecular formula is C25H23N3O3S. The first kappa shape index (κ1) is 20.6. The van der Waals surface area contributed by atoms with Crippen LogP contribution in [-0.2, 0) is 4.74 Å². The molecule has 0 spiro atoms. The first-order chi connectivity index (χ1) is 15.5. The normalized spacial score (nSPS) is 16.4. The maximum atomic E-state index is 13.5. The molecule has 1 saturated heterocycles. The average Bonchev–Trinajstić information content (AvgIpc) is 3.22. The number of carbonyl (C=O) groups is 2. The Hall–Kier alpha value is -3.29. The van der Waals surface area contributed by atoms with Crippen molar-refractivity contribution in [2.24, 2.45) is 0 Å². The second-order valence-electron chi connectivity index (χ2n) is 8.03. The Kier molecular flexibility index (Phi) is 5.36. The maximum absolute atomic E-state index is 13.5. The largest absolute Gasteiger partial charge is 0.370 e. The van der Waals surface area contributed by atoms with Crippen LogP contribution >= 0.6 is 11.3 Å². The number of fused-ring (bicyclic) bond motifs is 2. The lowest BCUT2D eigenvalue weighted by Gasteiger charge is -2.33. The number of para-hydroxylation sites is 1. The van der Waals surface area contributed by atoms with Gasteiger partial charge in [-0.25, -0.2) is 0 Å². The minimum absolute atomic E-state index is 0.0495. The summed E-state index contributed by atoms with van der Waals surface area (Å²) in [6.07, 6.45) is 1.34. The number of hydrogen-bond donors (Lipinski definition) is 0. The van der Waals surface area contributed by atoms with Gasteiger partial charge in [0, 0.05) is 42.5 Å². The molecule has 162 valence electrons. The minimum Gasteiger partial charge on any atom is -0.370 e. The highest BCUT2D eigenvalue weighted by atomic mass is 32.1. The summed E-state index contributed by atoms with van der Waals surface area (Å²) in [5, 5.41) is 1.94. The van der Waals surface area contributed by atoms with Gasteiger partial charge in [0.05, 0.1) is 29.1 Å². The van der Waals surface area contributed by atoms with Crippen LogP contribution in [0.1, 0.15) is 31.7 Å². The van der Waals surface area contributed by atoms with Gasteiger partial charge in [-0.3, -0.25) is 14.6 Å². The number of pyridine rings is 1. The van der Waals surface area contributed by atoms with Crippen molar-refractivity contribution in [3.05, 3.63) is 76.8 Å². The highest BCUT2D eigenvalue weighted by molar-refractivity contribution is 7.21. The summed E-state index contributed by atoms with van der Waals surface area (Å²) in [5.41, 5.74) is 2.16. The van der Waals surface area contributed by atoms with Crippen LogP contribution in [0.4, 0.5) is 0 Å². The number of thiophene rings is 1. The Morgan fingerprint density at radius 2 is 1.91 bits per heavy atom. The summed E-state index contributed by atoms with van der Waals surface area (Å²) in [6, 6.07) is 17.5. The van der Waals surface area contributed by atoms with Gasteiger partial charge in [-0.05, 0) is 23.6 Å². The predicted molar refractivity (Wildman–Crippen MR) is 126 cm³/mol. The molecule has 0 saturated carbocycles. The first-order valence-corrected chi connectivity index (χ1v) is 11.3. The van der Waals surface area contributed by atoms with E-state index in [1.165, 1.54) is 11.3 Å². The third-order valence-electron chi connectivity index (χ3n) is 5.77. The van der Waals surface area contributed by atoms with E-state index in [9.17, 15) is 9.59 Å². The SMILES string of the molecule is CN(C)C(=O)c1sc2ccccc2c1[C@@H]1CN(C(=O)c2cccc3cccnc23)CCO1. The zero-order chi connectivity index (χ0) is 22.2. The average molecular weight is 446 g/mol. The molecule has 1 fully saturated rings. The lowest BCUT2D eigenvalue weighted by molar-refractivity contribution is -0.0222. The van der Waals surface area contributed by atoms with Gasteiger partial charge in [-0.15, -0.1) is 11.3 Å². The van der Waals surface area contributed by atoms with Gasteiger partial charge in [0.2, 0.25) is 0 Å². The van der Waals surface area contributed by atoms with Gasteiger partial charge < -0.3 is 14.5 Å². The molecule has 0 radical (unpaired) electrons. The van der Waals surface area contributed by atoms with Crippen molar-refractivity contribution in [3.8, 4) is 0 Å². The standard InChI is InChI=1S/C25H23N3O3S/c1-27(2)25(30)23-21(17-9-3-4-11-20(17)32-23)19-15-28(13-14-31-19)24(29)18-10-5-7-16-8-6-12-26-22(16)18/h3-12,19H,13-15H2,1-2H3/t19-/m0/s1. The smallest absolute Gasteiger partial charge is 0.263 e. The van der Waals surface area contributed by atoms with E-state index in [1.807, 2.05) is 59.5 Å². The molecule has 0 bridgehead atoms. The predicted octanol–water partition coefficient (Wildman–Crippen LogP) is 4.37. The monoisotopic (exact) mass is 445 g/mol. The molecule has 2 aromatic carbocycles. The van der Waals surface area contributed by atoms with Crippen LogP contribution in [-0.4, -0.2) is 60.4 Å². The van der Waals surface area contributed by atoms with Crippen LogP contribution in [0.15, 0.2) is 60.8 Å². The van der Waals surface area contributed by atoms with Crippen molar-refractivity contribution < 1.29 is 14.3 Å². The molecule has 6 nitrogen and oxygen atoms in total. The number of rotatable bonds is 3. The number of morpholine rings is 1. The Bertz CT molecular complexity index is 1330. The number of benzene rings is 2. The third-order valence-corrected chi connectivity index (χ3v) is 6.95. The molecule has 5 rings (SSSR count). The van der Waals surface area contributed by atoms with Gasteiger partial charge in [0.1, 0.15) is 6.10 Å². The summed E-state index contributed by atoms with van der Waals surface area (Å²) in [7, 11) is 3.50. The van der Waals surface area contributed by atoms with Crippen molar-refractivity contribution >= 4 is 44.1 Å². The summed E-state index contributed by atoms with van der Waals surface area (Å²) < 4.78 is 7.17. The molecule has 1 atom stereocenters. The molecule has 7 heteroatoms. The molecule has 0 N–H and O–H groups in total. The van der Waals surface area contributed by atoms with E-state index in [1.54, 1.807) is 25.2 Å². The fourth-order valence-corrected chi connectivity index (χ4v) is 5.48. The fourth-order valence-electron chi connectivity index (χ4n) is 4.20. The molecule has 3 heterocycles. The van der Waals surface area contributed by atoms with E-state index in [0.29, 0.717) is 35.7 Å². The van der Waals surface area contributed by atoms with Gasteiger partial charge in [0.25, 0.3) is 11.8 Å². The number of aromatic nitrogens is 1. The molecule has 4 aromatic rings. The van der Waals surface area contributed by atoms with Crippen molar-refractivity contribution in [1.82, 2.24) is 14.8 Å². The third kappa shape index (κ3) is 3.53. The number of carbonyl (C=O) groups excluding carboxylic acids is 2. The fraction of sp³-hybridized carbons (Fsp3) is 0.240. The first-order valence-electron chi connectivity index (χ1n) is 10.5. The zero-order valence-corrected chi connectivity index (χ0v) is 18.8. The summed E-state index contributed by atoms with van der Waals surface area (Å²) in [6.45, 7) is 1.29. The van der Waals surface area contributed by atoms with Crippen LogP contribution < -0.4 is 0 Å². The van der Waals surface area contributed by atoms with E-state index in [4.69, 9.17) is 4.74 Å². The van der Waals surface area contributed by atoms with Gasteiger partial charge >= 0.3 is 0 Å². The summed E-state index contributed by atoms with van der Waals surface area (Å²) in [5.74, 6) is -0.117. The molecule has 0 unspecified atom stereocenters. The van der Waals surface area contributed by atoms with Crippen molar-refractivity contribution in [2.75, 3.05) is 33.8 Å². The van der Waals surface area contributed by atoms with Gasteiger partial charge in [0.15, 0.2) is 0 Å². The summed E-state index contributed by atoms with van der Waals surface area (Å²) >= 11 is 1.48.